The smallest absolute Gasteiger partial charge is 0.330 e. The summed E-state index contributed by atoms with van der Waals surface area (Å²) in [5.74, 6) is -3.94. The lowest BCUT2D eigenvalue weighted by molar-refractivity contribution is -0.137. The monoisotopic (exact) mass is 228 g/mol. The van der Waals surface area contributed by atoms with Crippen molar-refractivity contribution in [1.29, 1.82) is 0 Å². The van der Waals surface area contributed by atoms with E-state index in [1.54, 1.807) is 6.92 Å². The number of ether oxygens (including phenoxy) is 1. The van der Waals surface area contributed by atoms with Gasteiger partial charge in [0, 0.05) is 11.6 Å². The van der Waals surface area contributed by atoms with Gasteiger partial charge in [0.1, 0.15) is 0 Å². The first-order valence-corrected chi connectivity index (χ1v) is 4.58. The van der Waals surface area contributed by atoms with Gasteiger partial charge in [0.15, 0.2) is 11.6 Å². The highest BCUT2D eigenvalue weighted by Crippen LogP contribution is 2.24. The van der Waals surface area contributed by atoms with Crippen molar-refractivity contribution in [3.05, 3.63) is 35.4 Å². The Morgan fingerprint density at radius 3 is 2.81 bits per heavy atom. The van der Waals surface area contributed by atoms with Crippen molar-refractivity contribution < 1.29 is 23.4 Å². The number of phenols is 1. The molecule has 3 nitrogen and oxygen atoms in total. The maximum absolute atomic E-state index is 12.9. The molecular formula is C11H10F2O3. The van der Waals surface area contributed by atoms with Gasteiger partial charge < -0.3 is 9.84 Å². The number of carbonyl (C=O) groups excluding carboxylic acids is 1. The Morgan fingerprint density at radius 2 is 2.19 bits per heavy atom. The summed E-state index contributed by atoms with van der Waals surface area (Å²) in [5.41, 5.74) is 0.00644. The van der Waals surface area contributed by atoms with Crippen molar-refractivity contribution in [2.24, 2.45) is 0 Å². The minimum Gasteiger partial charge on any atom is -0.504 e. The zero-order valence-corrected chi connectivity index (χ0v) is 8.54. The van der Waals surface area contributed by atoms with Crippen LogP contribution < -0.4 is 0 Å². The summed E-state index contributed by atoms with van der Waals surface area (Å²) in [7, 11) is 0. The molecule has 0 aliphatic rings. The zero-order valence-electron chi connectivity index (χ0n) is 8.54. The lowest BCUT2D eigenvalue weighted by atomic mass is 10.1. The van der Waals surface area contributed by atoms with Gasteiger partial charge >= 0.3 is 5.97 Å². The minimum atomic E-state index is -1.34. The second-order valence-electron chi connectivity index (χ2n) is 2.88. The summed E-state index contributed by atoms with van der Waals surface area (Å²) in [5, 5.41) is 9.20. The summed E-state index contributed by atoms with van der Waals surface area (Å²) in [6.45, 7) is 1.85. The number of halogens is 2. The number of phenolic OH excluding ortho intramolecular Hbond substituents is 1. The van der Waals surface area contributed by atoms with E-state index < -0.39 is 23.4 Å². The lowest BCUT2D eigenvalue weighted by Gasteiger charge is -2.01. The van der Waals surface area contributed by atoms with Crippen LogP contribution in [-0.4, -0.2) is 17.7 Å². The highest BCUT2D eigenvalue weighted by atomic mass is 19.2. The van der Waals surface area contributed by atoms with E-state index in [0.29, 0.717) is 0 Å². The molecule has 0 spiro atoms. The van der Waals surface area contributed by atoms with E-state index in [-0.39, 0.29) is 12.2 Å². The molecule has 0 saturated heterocycles. The second kappa shape index (κ2) is 5.25. The first kappa shape index (κ1) is 12.2. The van der Waals surface area contributed by atoms with Crippen LogP contribution in [0.1, 0.15) is 12.5 Å². The summed E-state index contributed by atoms with van der Waals surface area (Å²) in [6.07, 6.45) is 2.17. The van der Waals surface area contributed by atoms with Gasteiger partial charge in [0.25, 0.3) is 0 Å². The third-order valence-corrected chi connectivity index (χ3v) is 1.79. The van der Waals surface area contributed by atoms with E-state index >= 15 is 0 Å². The molecule has 1 rings (SSSR count). The van der Waals surface area contributed by atoms with Crippen molar-refractivity contribution in [1.82, 2.24) is 0 Å². The van der Waals surface area contributed by atoms with Crippen LogP contribution in [0.3, 0.4) is 0 Å². The van der Waals surface area contributed by atoms with Crippen molar-refractivity contribution in [2.45, 2.75) is 6.92 Å². The molecule has 0 atom stereocenters. The maximum atomic E-state index is 12.9. The maximum Gasteiger partial charge on any atom is 0.330 e. The molecule has 0 aromatic heterocycles. The van der Waals surface area contributed by atoms with Crippen LogP contribution in [0, 0.1) is 11.6 Å². The molecule has 0 aliphatic carbocycles. The summed E-state index contributed by atoms with van der Waals surface area (Å²) < 4.78 is 30.1. The molecule has 0 unspecified atom stereocenters. The van der Waals surface area contributed by atoms with Crippen molar-refractivity contribution in [3.63, 3.8) is 0 Å². The molecule has 0 saturated carbocycles. The highest BCUT2D eigenvalue weighted by Gasteiger charge is 2.10. The van der Waals surface area contributed by atoms with Crippen LogP contribution in [0.25, 0.3) is 6.08 Å². The summed E-state index contributed by atoms with van der Waals surface area (Å²) in [6, 6.07) is 2.02. The van der Waals surface area contributed by atoms with Crippen LogP contribution in [0.4, 0.5) is 8.78 Å². The van der Waals surface area contributed by atoms with Crippen molar-refractivity contribution in [2.75, 3.05) is 6.61 Å². The minimum absolute atomic E-state index is 0.00644. The van der Waals surface area contributed by atoms with Gasteiger partial charge in [0.2, 0.25) is 5.82 Å². The molecule has 16 heavy (non-hydrogen) atoms. The topological polar surface area (TPSA) is 46.5 Å². The molecule has 0 radical (unpaired) electrons. The van der Waals surface area contributed by atoms with E-state index in [4.69, 9.17) is 0 Å². The fraction of sp³-hybridized carbons (Fsp3) is 0.182. The molecule has 0 amide bonds. The number of hydrogen-bond donors (Lipinski definition) is 1. The Hall–Kier alpha value is -1.91. The van der Waals surface area contributed by atoms with Crippen molar-refractivity contribution >= 4 is 12.0 Å². The standard InChI is InChI=1S/C11H10F2O3/c1-2-16-9(14)6-4-7-3-5-8(12)10(13)11(7)15/h3-6,15H,2H2,1H3. The molecular weight excluding hydrogens is 218 g/mol. The number of esters is 1. The first-order chi connectivity index (χ1) is 7.56. The summed E-state index contributed by atoms with van der Waals surface area (Å²) in [4.78, 5) is 10.9. The molecule has 1 aromatic rings. The van der Waals surface area contributed by atoms with Crippen LogP contribution in [0.15, 0.2) is 18.2 Å². The van der Waals surface area contributed by atoms with Crippen LogP contribution in [0.2, 0.25) is 0 Å². The molecule has 0 aliphatic heterocycles. The Balaban J connectivity index is 2.90. The SMILES string of the molecule is CCOC(=O)C=Cc1ccc(F)c(F)c1O. The third-order valence-electron chi connectivity index (χ3n) is 1.79. The second-order valence-corrected chi connectivity index (χ2v) is 2.88. The molecule has 1 aromatic carbocycles. The number of benzene rings is 1. The van der Waals surface area contributed by atoms with Crippen LogP contribution in [0.5, 0.6) is 5.75 Å². The van der Waals surface area contributed by atoms with Gasteiger partial charge in [-0.3, -0.25) is 0 Å². The Kier molecular flexibility index (Phi) is 3.99. The molecule has 0 bridgehead atoms. The lowest BCUT2D eigenvalue weighted by Crippen LogP contribution is -1.98. The van der Waals surface area contributed by atoms with E-state index in [9.17, 15) is 18.7 Å². The summed E-state index contributed by atoms with van der Waals surface area (Å²) >= 11 is 0. The third kappa shape index (κ3) is 2.79. The molecule has 1 N–H and O–H groups in total. The predicted molar refractivity (Wildman–Crippen MR) is 53.7 cm³/mol. The van der Waals surface area contributed by atoms with Gasteiger partial charge in [-0.15, -0.1) is 0 Å². The van der Waals surface area contributed by atoms with E-state index in [0.717, 1.165) is 24.3 Å². The fourth-order valence-electron chi connectivity index (χ4n) is 1.04. The van der Waals surface area contributed by atoms with Gasteiger partial charge in [0.05, 0.1) is 6.61 Å². The predicted octanol–water partition coefficient (Wildman–Crippen LogP) is 2.25. The number of rotatable bonds is 3. The molecule has 0 heterocycles. The Morgan fingerprint density at radius 1 is 1.50 bits per heavy atom. The quantitative estimate of drug-likeness (QED) is 0.637. The first-order valence-electron chi connectivity index (χ1n) is 4.58. The van der Waals surface area contributed by atoms with E-state index in [2.05, 4.69) is 4.74 Å². The zero-order chi connectivity index (χ0) is 12.1. The Bertz CT molecular complexity index is 427. The van der Waals surface area contributed by atoms with Gasteiger partial charge in [-0.05, 0) is 25.1 Å². The van der Waals surface area contributed by atoms with Crippen LogP contribution >= 0.6 is 0 Å². The Labute approximate surface area is 91.0 Å². The average Bonchev–Trinajstić information content (AvgIpc) is 2.25. The fourth-order valence-corrected chi connectivity index (χ4v) is 1.04. The largest absolute Gasteiger partial charge is 0.504 e. The highest BCUT2D eigenvalue weighted by molar-refractivity contribution is 5.87. The van der Waals surface area contributed by atoms with Crippen molar-refractivity contribution in [3.8, 4) is 5.75 Å². The molecule has 5 heteroatoms. The molecule has 0 fully saturated rings. The van der Waals surface area contributed by atoms with Gasteiger partial charge in [-0.25, -0.2) is 9.18 Å². The van der Waals surface area contributed by atoms with Crippen LogP contribution in [-0.2, 0) is 9.53 Å². The number of aromatic hydroxyl groups is 1. The normalized spacial score (nSPS) is 10.7. The van der Waals surface area contributed by atoms with Gasteiger partial charge in [-0.2, -0.15) is 4.39 Å². The van der Waals surface area contributed by atoms with E-state index in [1.807, 2.05) is 0 Å². The molecule has 86 valence electrons. The van der Waals surface area contributed by atoms with Gasteiger partial charge in [-0.1, -0.05) is 0 Å². The number of hydrogen-bond acceptors (Lipinski definition) is 3. The average molecular weight is 228 g/mol. The number of carbonyl (C=O) groups is 1. The van der Waals surface area contributed by atoms with E-state index in [1.165, 1.54) is 0 Å².